The molecule has 1 amide bonds. The molecule has 1 heterocycles. The van der Waals surface area contributed by atoms with Gasteiger partial charge in [-0.25, -0.2) is 0 Å². The van der Waals surface area contributed by atoms with Gasteiger partial charge in [0.1, 0.15) is 4.90 Å². The Morgan fingerprint density at radius 2 is 2.07 bits per heavy atom. The van der Waals surface area contributed by atoms with Crippen LogP contribution in [0.1, 0.15) is 29.2 Å². The standard InChI is InChI=1S/C19H18ClN3O3S/c1-23(19-15-4-2-3-5-17(15)27(25,26)22-19)11-18(24)21-16-9-6-12-10-13(20)7-8-14(12)16/h2-5,7-8,10,16H,6,9,11H2,1H3,(H,21,24). The van der Waals surface area contributed by atoms with Gasteiger partial charge < -0.3 is 10.2 Å². The first-order chi connectivity index (χ1) is 12.8. The van der Waals surface area contributed by atoms with Crippen LogP contribution in [-0.4, -0.2) is 38.7 Å². The quantitative estimate of drug-likeness (QED) is 0.854. The van der Waals surface area contributed by atoms with Gasteiger partial charge in [0.25, 0.3) is 10.0 Å². The van der Waals surface area contributed by atoms with E-state index < -0.39 is 10.0 Å². The molecule has 1 aliphatic carbocycles. The molecule has 0 spiro atoms. The van der Waals surface area contributed by atoms with E-state index >= 15 is 0 Å². The van der Waals surface area contributed by atoms with Crippen molar-refractivity contribution >= 4 is 33.4 Å². The molecule has 1 unspecified atom stereocenters. The summed E-state index contributed by atoms with van der Waals surface area (Å²) in [5.74, 6) is 0.106. The summed E-state index contributed by atoms with van der Waals surface area (Å²) in [5, 5.41) is 3.72. The number of rotatable bonds is 3. The summed E-state index contributed by atoms with van der Waals surface area (Å²) >= 11 is 6.03. The summed E-state index contributed by atoms with van der Waals surface area (Å²) in [6.07, 6.45) is 1.69. The predicted octanol–water partition coefficient (Wildman–Crippen LogP) is 2.52. The van der Waals surface area contributed by atoms with Crippen molar-refractivity contribution in [2.24, 2.45) is 4.40 Å². The number of nitrogens with zero attached hydrogens (tertiary/aromatic N) is 2. The number of fused-ring (bicyclic) bond motifs is 2. The second-order valence-corrected chi connectivity index (χ2v) is 8.75. The highest BCUT2D eigenvalue weighted by Crippen LogP contribution is 2.33. The third kappa shape index (κ3) is 3.33. The molecule has 1 atom stereocenters. The number of carbonyl (C=O) groups is 1. The first-order valence-corrected chi connectivity index (χ1v) is 10.4. The van der Waals surface area contributed by atoms with Crippen LogP contribution in [0.4, 0.5) is 0 Å². The van der Waals surface area contributed by atoms with Gasteiger partial charge in [-0.2, -0.15) is 8.42 Å². The van der Waals surface area contributed by atoms with E-state index in [0.29, 0.717) is 16.4 Å². The highest BCUT2D eigenvalue weighted by atomic mass is 35.5. The molecule has 1 aliphatic heterocycles. The van der Waals surface area contributed by atoms with Gasteiger partial charge in [-0.15, -0.1) is 4.40 Å². The van der Waals surface area contributed by atoms with Crippen LogP contribution in [0.5, 0.6) is 0 Å². The van der Waals surface area contributed by atoms with Gasteiger partial charge in [0.15, 0.2) is 5.84 Å². The number of carbonyl (C=O) groups excluding carboxylic acids is 1. The lowest BCUT2D eigenvalue weighted by Gasteiger charge is -2.20. The molecule has 1 N–H and O–H groups in total. The van der Waals surface area contributed by atoms with E-state index in [1.54, 1.807) is 30.1 Å². The fourth-order valence-electron chi connectivity index (χ4n) is 3.63. The van der Waals surface area contributed by atoms with E-state index in [1.807, 2.05) is 18.2 Å². The Kier molecular flexibility index (Phi) is 4.44. The average molecular weight is 404 g/mol. The van der Waals surface area contributed by atoms with Crippen molar-refractivity contribution in [1.29, 1.82) is 0 Å². The van der Waals surface area contributed by atoms with E-state index in [4.69, 9.17) is 11.6 Å². The number of sulfonamides is 1. The number of halogens is 1. The summed E-state index contributed by atoms with van der Waals surface area (Å²) in [4.78, 5) is 14.3. The van der Waals surface area contributed by atoms with Crippen LogP contribution in [0.3, 0.4) is 0 Å². The summed E-state index contributed by atoms with van der Waals surface area (Å²) in [6.45, 7) is 0.0160. The van der Waals surface area contributed by atoms with Crippen LogP contribution in [0, 0.1) is 0 Å². The molecule has 2 aliphatic rings. The molecule has 4 rings (SSSR count). The number of benzene rings is 2. The first kappa shape index (κ1) is 18.0. The molecule has 140 valence electrons. The van der Waals surface area contributed by atoms with Crippen molar-refractivity contribution in [1.82, 2.24) is 10.2 Å². The van der Waals surface area contributed by atoms with Crippen molar-refractivity contribution in [2.75, 3.05) is 13.6 Å². The van der Waals surface area contributed by atoms with Crippen LogP contribution in [0.15, 0.2) is 51.8 Å². The Hall–Kier alpha value is -2.38. The largest absolute Gasteiger partial charge is 0.349 e. The highest BCUT2D eigenvalue weighted by Gasteiger charge is 2.31. The van der Waals surface area contributed by atoms with Gasteiger partial charge in [-0.1, -0.05) is 29.8 Å². The topological polar surface area (TPSA) is 78.8 Å². The van der Waals surface area contributed by atoms with Gasteiger partial charge in [-0.05, 0) is 48.2 Å². The lowest BCUT2D eigenvalue weighted by Crippen LogP contribution is -2.39. The molecule has 0 fully saturated rings. The van der Waals surface area contributed by atoms with Crippen molar-refractivity contribution in [3.05, 3.63) is 64.2 Å². The molecule has 0 aromatic heterocycles. The molecule has 2 aromatic carbocycles. The van der Waals surface area contributed by atoms with Gasteiger partial charge >= 0.3 is 0 Å². The third-order valence-electron chi connectivity index (χ3n) is 4.87. The van der Waals surface area contributed by atoms with Gasteiger partial charge in [0, 0.05) is 17.6 Å². The SMILES string of the molecule is CN(CC(=O)NC1CCc2cc(Cl)ccc21)C1=NS(=O)(=O)c2ccccc21. The minimum atomic E-state index is -3.70. The highest BCUT2D eigenvalue weighted by molar-refractivity contribution is 7.90. The maximum atomic E-state index is 12.5. The van der Waals surface area contributed by atoms with Crippen molar-refractivity contribution in [3.63, 3.8) is 0 Å². The van der Waals surface area contributed by atoms with Crippen molar-refractivity contribution in [3.8, 4) is 0 Å². The van der Waals surface area contributed by atoms with E-state index in [1.165, 1.54) is 6.07 Å². The average Bonchev–Trinajstić information content (AvgIpc) is 3.13. The van der Waals surface area contributed by atoms with Gasteiger partial charge in [-0.3, -0.25) is 4.79 Å². The monoisotopic (exact) mass is 403 g/mol. The minimum absolute atomic E-state index is 0.0160. The van der Waals surface area contributed by atoms with Crippen LogP contribution in [0.25, 0.3) is 0 Å². The maximum Gasteiger partial charge on any atom is 0.285 e. The predicted molar refractivity (Wildman–Crippen MR) is 103 cm³/mol. The normalized spacial score (nSPS) is 19.2. The van der Waals surface area contributed by atoms with E-state index in [9.17, 15) is 13.2 Å². The number of nitrogens with one attached hydrogen (secondary N) is 1. The number of likely N-dealkylation sites (N-methyl/N-ethyl adjacent to an activating group) is 1. The zero-order valence-electron chi connectivity index (χ0n) is 14.6. The maximum absolute atomic E-state index is 12.5. The van der Waals surface area contributed by atoms with Gasteiger partial charge in [0.05, 0.1) is 12.6 Å². The fourth-order valence-corrected chi connectivity index (χ4v) is 5.08. The Balaban J connectivity index is 1.47. The number of aryl methyl sites for hydroxylation is 1. The van der Waals surface area contributed by atoms with E-state index in [2.05, 4.69) is 9.71 Å². The van der Waals surface area contributed by atoms with E-state index in [-0.39, 0.29) is 23.4 Å². The fraction of sp³-hybridized carbons (Fsp3) is 0.263. The molecule has 6 nitrogen and oxygen atoms in total. The zero-order chi connectivity index (χ0) is 19.2. The van der Waals surface area contributed by atoms with Crippen LogP contribution in [0.2, 0.25) is 5.02 Å². The van der Waals surface area contributed by atoms with E-state index in [0.717, 1.165) is 24.0 Å². The second kappa shape index (κ2) is 6.65. The third-order valence-corrected chi connectivity index (χ3v) is 6.43. The molecule has 8 heteroatoms. The molecule has 0 radical (unpaired) electrons. The number of hydrogen-bond donors (Lipinski definition) is 1. The lowest BCUT2D eigenvalue weighted by atomic mass is 10.1. The Bertz CT molecular complexity index is 1070. The van der Waals surface area contributed by atoms with Crippen LogP contribution >= 0.6 is 11.6 Å². The Morgan fingerprint density at radius 3 is 2.89 bits per heavy atom. The zero-order valence-corrected chi connectivity index (χ0v) is 16.2. The van der Waals surface area contributed by atoms with Crippen LogP contribution < -0.4 is 5.32 Å². The Morgan fingerprint density at radius 1 is 1.30 bits per heavy atom. The first-order valence-electron chi connectivity index (χ1n) is 8.58. The molecule has 2 aromatic rings. The smallest absolute Gasteiger partial charge is 0.285 e. The summed E-state index contributed by atoms with van der Waals surface area (Å²) < 4.78 is 28.2. The van der Waals surface area contributed by atoms with Crippen molar-refractivity contribution in [2.45, 2.75) is 23.8 Å². The summed E-state index contributed by atoms with van der Waals surface area (Å²) in [7, 11) is -2.03. The number of amidine groups is 1. The van der Waals surface area contributed by atoms with Crippen molar-refractivity contribution < 1.29 is 13.2 Å². The Labute approximate surface area is 162 Å². The second-order valence-electron chi connectivity index (χ2n) is 6.74. The number of amides is 1. The van der Waals surface area contributed by atoms with Gasteiger partial charge in [0.2, 0.25) is 5.91 Å². The molecular formula is C19H18ClN3O3S. The molecule has 0 bridgehead atoms. The summed E-state index contributed by atoms with van der Waals surface area (Å²) in [5.41, 5.74) is 2.76. The molecule has 0 saturated heterocycles. The minimum Gasteiger partial charge on any atom is -0.349 e. The summed E-state index contributed by atoms with van der Waals surface area (Å²) in [6, 6.07) is 12.3. The molecular weight excluding hydrogens is 386 g/mol. The lowest BCUT2D eigenvalue weighted by molar-refractivity contribution is -0.122. The number of hydrogen-bond acceptors (Lipinski definition) is 4. The molecule has 0 saturated carbocycles. The molecule has 27 heavy (non-hydrogen) atoms. The van der Waals surface area contributed by atoms with Crippen LogP contribution in [-0.2, 0) is 21.2 Å².